The smallest absolute Gasteiger partial charge is 0.265 e. The number of hydrogen-bond donors (Lipinski definition) is 2. The number of rotatable bonds is 5. The Bertz CT molecular complexity index is 1080. The Morgan fingerprint density at radius 2 is 1.93 bits per heavy atom. The van der Waals surface area contributed by atoms with Crippen LogP contribution in [0, 0.1) is 13.8 Å². The molecule has 2 aromatic rings. The Morgan fingerprint density at radius 1 is 1.17 bits per heavy atom. The molecule has 1 fully saturated rings. The Morgan fingerprint density at radius 3 is 2.67 bits per heavy atom. The maximum atomic E-state index is 12.3. The van der Waals surface area contributed by atoms with Crippen LogP contribution in [0.3, 0.4) is 0 Å². The summed E-state index contributed by atoms with van der Waals surface area (Å²) in [6.45, 7) is 3.80. The lowest BCUT2D eigenvalue weighted by Crippen LogP contribution is -2.52. The highest BCUT2D eigenvalue weighted by Gasteiger charge is 2.30. The van der Waals surface area contributed by atoms with Gasteiger partial charge in [-0.15, -0.1) is 0 Å². The molecule has 154 valence electrons. The lowest BCUT2D eigenvalue weighted by atomic mass is 10.1. The number of ether oxygens (including phenoxy) is 1. The van der Waals surface area contributed by atoms with Crippen molar-refractivity contribution in [3.05, 3.63) is 64.7 Å². The molecule has 1 heterocycles. The van der Waals surface area contributed by atoms with Gasteiger partial charge in [0, 0.05) is 12.7 Å². The molecule has 2 aromatic carbocycles. The number of amides is 3. The lowest BCUT2D eigenvalue weighted by Gasteiger charge is -2.25. The van der Waals surface area contributed by atoms with Crippen LogP contribution in [0.5, 0.6) is 5.75 Å². The van der Waals surface area contributed by atoms with E-state index in [1.54, 1.807) is 24.3 Å². The molecule has 3 amide bonds. The third-order valence-corrected chi connectivity index (χ3v) is 5.01. The first-order valence-electron chi connectivity index (χ1n) is 9.19. The molecule has 0 spiro atoms. The zero-order valence-corrected chi connectivity index (χ0v) is 17.6. The SMILES string of the molecule is Cc1ccc(NC(=O)COc2cccc(C=C3C(=O)NC(=S)N(C)C3=O)c2)cc1C. The van der Waals surface area contributed by atoms with Gasteiger partial charge in [-0.25, -0.2) is 0 Å². The molecule has 0 radical (unpaired) electrons. The first-order valence-corrected chi connectivity index (χ1v) is 9.60. The standard InChI is InChI=1S/C22H21N3O4S/c1-13-7-8-16(9-14(13)2)23-19(26)12-29-17-6-4-5-15(10-17)11-18-20(27)24-22(30)25(3)21(18)28/h4-11H,12H2,1-3H3,(H,23,26)(H,24,27,30). The van der Waals surface area contributed by atoms with E-state index >= 15 is 0 Å². The van der Waals surface area contributed by atoms with Gasteiger partial charge in [-0.1, -0.05) is 18.2 Å². The highest BCUT2D eigenvalue weighted by Crippen LogP contribution is 2.19. The molecule has 0 aromatic heterocycles. The molecule has 3 rings (SSSR count). The van der Waals surface area contributed by atoms with Crippen LogP contribution in [-0.4, -0.2) is 41.4 Å². The summed E-state index contributed by atoms with van der Waals surface area (Å²) in [6.07, 6.45) is 1.46. The quantitative estimate of drug-likeness (QED) is 0.439. The topological polar surface area (TPSA) is 87.7 Å². The van der Waals surface area contributed by atoms with Crippen molar-refractivity contribution >= 4 is 46.8 Å². The van der Waals surface area contributed by atoms with Gasteiger partial charge in [-0.3, -0.25) is 24.6 Å². The van der Waals surface area contributed by atoms with E-state index in [1.807, 2.05) is 32.0 Å². The Labute approximate surface area is 179 Å². The summed E-state index contributed by atoms with van der Waals surface area (Å²) >= 11 is 4.93. The van der Waals surface area contributed by atoms with Crippen LogP contribution in [0.15, 0.2) is 48.0 Å². The van der Waals surface area contributed by atoms with Crippen molar-refractivity contribution in [1.29, 1.82) is 0 Å². The zero-order chi connectivity index (χ0) is 21.8. The molecule has 0 unspecified atom stereocenters. The molecule has 2 N–H and O–H groups in total. The minimum Gasteiger partial charge on any atom is -0.484 e. The van der Waals surface area contributed by atoms with E-state index in [0.717, 1.165) is 11.1 Å². The van der Waals surface area contributed by atoms with Crippen LogP contribution in [0.1, 0.15) is 16.7 Å². The molecule has 1 aliphatic rings. The second kappa shape index (κ2) is 8.87. The second-order valence-corrected chi connectivity index (χ2v) is 7.28. The molecule has 30 heavy (non-hydrogen) atoms. The van der Waals surface area contributed by atoms with Gasteiger partial charge in [0.15, 0.2) is 11.7 Å². The molecular formula is C22H21N3O4S. The molecule has 0 atom stereocenters. The third-order valence-electron chi connectivity index (χ3n) is 4.63. The van der Waals surface area contributed by atoms with Crippen LogP contribution >= 0.6 is 12.2 Å². The number of nitrogens with zero attached hydrogens (tertiary/aromatic N) is 1. The fourth-order valence-corrected chi connectivity index (χ4v) is 2.95. The fourth-order valence-electron chi connectivity index (χ4n) is 2.77. The second-order valence-electron chi connectivity index (χ2n) is 6.89. The minimum absolute atomic E-state index is 0.0317. The minimum atomic E-state index is -0.554. The normalized spacial score (nSPS) is 15.2. The van der Waals surface area contributed by atoms with Gasteiger partial charge in [0.25, 0.3) is 17.7 Å². The highest BCUT2D eigenvalue weighted by atomic mass is 32.1. The maximum absolute atomic E-state index is 12.3. The lowest BCUT2D eigenvalue weighted by molar-refractivity contribution is -0.128. The number of carbonyl (C=O) groups excluding carboxylic acids is 3. The van der Waals surface area contributed by atoms with E-state index in [-0.39, 0.29) is 23.2 Å². The monoisotopic (exact) mass is 423 g/mol. The molecule has 0 aliphatic carbocycles. The summed E-state index contributed by atoms with van der Waals surface area (Å²) in [7, 11) is 1.49. The van der Waals surface area contributed by atoms with Crippen LogP contribution in [0.4, 0.5) is 5.69 Å². The largest absolute Gasteiger partial charge is 0.484 e. The summed E-state index contributed by atoms with van der Waals surface area (Å²) in [5.41, 5.74) is 3.49. The van der Waals surface area contributed by atoms with Gasteiger partial charge < -0.3 is 10.1 Å². The molecule has 1 aliphatic heterocycles. The van der Waals surface area contributed by atoms with E-state index in [1.165, 1.54) is 18.0 Å². The number of nitrogens with one attached hydrogen (secondary N) is 2. The molecule has 8 heteroatoms. The molecule has 7 nitrogen and oxygen atoms in total. The average molecular weight is 423 g/mol. The van der Waals surface area contributed by atoms with Crippen molar-refractivity contribution < 1.29 is 19.1 Å². The molecular weight excluding hydrogens is 402 g/mol. The van der Waals surface area contributed by atoms with E-state index in [9.17, 15) is 14.4 Å². The number of likely N-dealkylation sites (N-methyl/N-ethyl adjacent to an activating group) is 1. The number of hydrogen-bond acceptors (Lipinski definition) is 5. The van der Waals surface area contributed by atoms with Crippen molar-refractivity contribution in [2.45, 2.75) is 13.8 Å². The summed E-state index contributed by atoms with van der Waals surface area (Å²) in [6, 6.07) is 12.4. The Hall–Kier alpha value is -3.52. The molecule has 0 bridgehead atoms. The number of aryl methyl sites for hydroxylation is 2. The summed E-state index contributed by atoms with van der Waals surface area (Å²) < 4.78 is 5.56. The van der Waals surface area contributed by atoms with Crippen molar-refractivity contribution in [3.63, 3.8) is 0 Å². The van der Waals surface area contributed by atoms with Crippen molar-refractivity contribution in [2.24, 2.45) is 0 Å². The van der Waals surface area contributed by atoms with Crippen LogP contribution in [0.25, 0.3) is 6.08 Å². The van der Waals surface area contributed by atoms with Crippen molar-refractivity contribution in [2.75, 3.05) is 19.0 Å². The molecule has 0 saturated carbocycles. The maximum Gasteiger partial charge on any atom is 0.265 e. The Kier molecular flexibility index (Phi) is 6.27. The number of benzene rings is 2. The van der Waals surface area contributed by atoms with Gasteiger partial charge >= 0.3 is 0 Å². The van der Waals surface area contributed by atoms with Gasteiger partial charge in [-0.05, 0) is 73.1 Å². The fraction of sp³-hybridized carbons (Fsp3) is 0.182. The third kappa shape index (κ3) is 4.90. The van der Waals surface area contributed by atoms with E-state index in [0.29, 0.717) is 17.0 Å². The zero-order valence-electron chi connectivity index (χ0n) is 16.8. The highest BCUT2D eigenvalue weighted by molar-refractivity contribution is 7.80. The van der Waals surface area contributed by atoms with Gasteiger partial charge in [-0.2, -0.15) is 0 Å². The van der Waals surface area contributed by atoms with Crippen molar-refractivity contribution in [1.82, 2.24) is 10.2 Å². The average Bonchev–Trinajstić information content (AvgIpc) is 2.71. The number of anilines is 1. The summed E-state index contributed by atoms with van der Waals surface area (Å²) in [5.74, 6) is -0.892. The Balaban J connectivity index is 1.66. The van der Waals surface area contributed by atoms with Gasteiger partial charge in [0.2, 0.25) is 0 Å². The predicted molar refractivity (Wildman–Crippen MR) is 118 cm³/mol. The molecule has 1 saturated heterocycles. The number of carbonyl (C=O) groups is 3. The van der Waals surface area contributed by atoms with E-state index in [2.05, 4.69) is 10.6 Å². The first-order chi connectivity index (χ1) is 14.2. The summed E-state index contributed by atoms with van der Waals surface area (Å²) in [4.78, 5) is 37.7. The summed E-state index contributed by atoms with van der Waals surface area (Å²) in [5, 5.41) is 5.31. The van der Waals surface area contributed by atoms with Crippen LogP contribution < -0.4 is 15.4 Å². The van der Waals surface area contributed by atoms with E-state index in [4.69, 9.17) is 17.0 Å². The number of thiocarbonyl (C=S) groups is 1. The van der Waals surface area contributed by atoms with Crippen LogP contribution in [-0.2, 0) is 14.4 Å². The predicted octanol–water partition coefficient (Wildman–Crippen LogP) is 2.58. The van der Waals surface area contributed by atoms with Gasteiger partial charge in [0.1, 0.15) is 11.3 Å². The van der Waals surface area contributed by atoms with E-state index < -0.39 is 11.8 Å². The van der Waals surface area contributed by atoms with Crippen LogP contribution in [0.2, 0.25) is 0 Å². The first kappa shape index (κ1) is 21.2. The van der Waals surface area contributed by atoms with Gasteiger partial charge in [0.05, 0.1) is 0 Å². The van der Waals surface area contributed by atoms with Crippen molar-refractivity contribution in [3.8, 4) is 5.75 Å².